The monoisotopic (exact) mass is 543 g/mol. The number of benzene rings is 2. The summed E-state index contributed by atoms with van der Waals surface area (Å²) in [7, 11) is 0. The molecule has 3 N–H and O–H groups in total. The van der Waals surface area contributed by atoms with Gasteiger partial charge in [-0.2, -0.15) is 0 Å². The van der Waals surface area contributed by atoms with E-state index in [0.29, 0.717) is 59.8 Å². The summed E-state index contributed by atoms with van der Waals surface area (Å²) in [6.45, 7) is 3.94. The molecule has 9 heteroatoms. The minimum atomic E-state index is -0.128. The summed E-state index contributed by atoms with van der Waals surface area (Å²) < 4.78 is 7.50. The standard InChI is InChI=1S/C30H33N5O3S/c1-19-16-20-6-4-7-21(28(20)38-19)17-32-14-12-27(36)34-15-13-25-23(18-34)29(37)35(26-11-3-2-10-24(26)31)30(33-25)39-22-8-5-9-22/h2-4,6-7,10-11,16,22,32H,5,8-9,12-15,17-18,31H2,1H3. The van der Waals surface area contributed by atoms with Crippen LogP contribution < -0.4 is 16.6 Å². The second-order valence-corrected chi connectivity index (χ2v) is 11.6. The number of carbonyl (C=O) groups excluding carboxylic acids is 1. The van der Waals surface area contributed by atoms with Crippen molar-refractivity contribution < 1.29 is 9.21 Å². The molecule has 0 bridgehead atoms. The molecule has 1 aliphatic heterocycles. The molecule has 0 spiro atoms. The number of nitrogens with two attached hydrogens (primary N) is 1. The summed E-state index contributed by atoms with van der Waals surface area (Å²) in [6.07, 6.45) is 4.41. The molecule has 1 amide bonds. The van der Waals surface area contributed by atoms with E-state index in [0.717, 1.165) is 40.8 Å². The first kappa shape index (κ1) is 25.7. The molecule has 39 heavy (non-hydrogen) atoms. The van der Waals surface area contributed by atoms with Crippen molar-refractivity contribution in [2.45, 2.75) is 62.5 Å². The molecule has 0 saturated heterocycles. The average molecular weight is 544 g/mol. The SMILES string of the molecule is Cc1cc2cccc(CNCCC(=O)N3CCc4nc(SC5CCC5)n(-c5ccccc5N)c(=O)c4C3)c2o1. The van der Waals surface area contributed by atoms with Gasteiger partial charge in [0.1, 0.15) is 11.3 Å². The number of hydrogen-bond donors (Lipinski definition) is 2. The van der Waals surface area contributed by atoms with Crippen molar-refractivity contribution in [3.05, 3.63) is 81.5 Å². The first-order chi connectivity index (χ1) is 19.0. The van der Waals surface area contributed by atoms with Gasteiger partial charge >= 0.3 is 0 Å². The van der Waals surface area contributed by atoms with Gasteiger partial charge in [0.05, 0.1) is 29.2 Å². The van der Waals surface area contributed by atoms with Crippen LogP contribution in [0.4, 0.5) is 5.69 Å². The first-order valence-corrected chi connectivity index (χ1v) is 14.5. The van der Waals surface area contributed by atoms with Crippen LogP contribution in [0.5, 0.6) is 0 Å². The zero-order valence-corrected chi connectivity index (χ0v) is 22.9. The zero-order chi connectivity index (χ0) is 26.9. The molecule has 1 aliphatic carbocycles. The normalized spacial score (nSPS) is 15.4. The van der Waals surface area contributed by atoms with Gasteiger partial charge in [0, 0.05) is 48.7 Å². The number of aromatic nitrogens is 2. The van der Waals surface area contributed by atoms with E-state index < -0.39 is 0 Å². The highest BCUT2D eigenvalue weighted by Crippen LogP contribution is 2.37. The number of amides is 1. The molecule has 2 aromatic carbocycles. The number of nitrogens with one attached hydrogen (secondary N) is 1. The Morgan fingerprint density at radius 3 is 2.85 bits per heavy atom. The van der Waals surface area contributed by atoms with Crippen LogP contribution in [0.15, 0.2) is 62.9 Å². The molecule has 1 saturated carbocycles. The Hall–Kier alpha value is -3.56. The Balaban J connectivity index is 1.16. The van der Waals surface area contributed by atoms with Crippen LogP contribution in [-0.2, 0) is 24.3 Å². The van der Waals surface area contributed by atoms with Gasteiger partial charge in [-0.25, -0.2) is 4.98 Å². The van der Waals surface area contributed by atoms with Gasteiger partial charge in [-0.3, -0.25) is 14.2 Å². The van der Waals surface area contributed by atoms with Crippen molar-refractivity contribution in [2.24, 2.45) is 0 Å². The second kappa shape index (κ2) is 10.9. The van der Waals surface area contributed by atoms with Crippen molar-refractivity contribution in [1.82, 2.24) is 19.8 Å². The highest BCUT2D eigenvalue weighted by molar-refractivity contribution is 7.99. The van der Waals surface area contributed by atoms with Crippen LogP contribution in [0.25, 0.3) is 16.7 Å². The quantitative estimate of drug-likeness (QED) is 0.190. The van der Waals surface area contributed by atoms with Gasteiger partial charge in [-0.05, 0) is 38.0 Å². The zero-order valence-electron chi connectivity index (χ0n) is 22.1. The van der Waals surface area contributed by atoms with Crippen molar-refractivity contribution in [1.29, 1.82) is 0 Å². The maximum atomic E-state index is 13.9. The van der Waals surface area contributed by atoms with E-state index >= 15 is 0 Å². The number of hydrogen-bond acceptors (Lipinski definition) is 7. The summed E-state index contributed by atoms with van der Waals surface area (Å²) >= 11 is 1.67. The third-order valence-corrected chi connectivity index (χ3v) is 8.92. The summed E-state index contributed by atoms with van der Waals surface area (Å²) in [5, 5.41) is 5.64. The number of carbonyl (C=O) groups is 1. The number of nitrogens with zero attached hydrogens (tertiary/aromatic N) is 3. The molecule has 2 aliphatic rings. The van der Waals surface area contributed by atoms with Crippen molar-refractivity contribution in [2.75, 3.05) is 18.8 Å². The summed E-state index contributed by atoms with van der Waals surface area (Å²) in [5.41, 5.74) is 10.7. The van der Waals surface area contributed by atoms with Crippen LogP contribution >= 0.6 is 11.8 Å². The lowest BCUT2D eigenvalue weighted by Gasteiger charge is -2.30. The maximum Gasteiger partial charge on any atom is 0.264 e. The van der Waals surface area contributed by atoms with E-state index in [1.54, 1.807) is 27.3 Å². The number of para-hydroxylation sites is 3. The number of rotatable bonds is 8. The van der Waals surface area contributed by atoms with E-state index in [1.807, 2.05) is 49.4 Å². The number of thioether (sulfide) groups is 1. The van der Waals surface area contributed by atoms with E-state index in [2.05, 4.69) is 5.32 Å². The largest absolute Gasteiger partial charge is 0.461 e. The molecule has 0 unspecified atom stereocenters. The third kappa shape index (κ3) is 5.21. The van der Waals surface area contributed by atoms with E-state index in [9.17, 15) is 9.59 Å². The molecule has 4 aromatic rings. The van der Waals surface area contributed by atoms with E-state index in [4.69, 9.17) is 15.1 Å². The van der Waals surface area contributed by atoms with Gasteiger partial charge in [-0.15, -0.1) is 0 Å². The molecule has 8 nitrogen and oxygen atoms in total. The van der Waals surface area contributed by atoms with Crippen LogP contribution in [-0.4, -0.2) is 38.7 Å². The molecule has 3 heterocycles. The Bertz CT molecular complexity index is 1590. The number of aryl methyl sites for hydroxylation is 1. The van der Waals surface area contributed by atoms with E-state index in [1.165, 1.54) is 6.42 Å². The van der Waals surface area contributed by atoms with Gasteiger partial charge in [0.2, 0.25) is 5.91 Å². The minimum absolute atomic E-state index is 0.0262. The molecule has 6 rings (SSSR count). The average Bonchev–Trinajstić information content (AvgIpc) is 3.30. The lowest BCUT2D eigenvalue weighted by Crippen LogP contribution is -2.42. The van der Waals surface area contributed by atoms with Crippen molar-refractivity contribution in [3.8, 4) is 5.69 Å². The Morgan fingerprint density at radius 2 is 2.05 bits per heavy atom. The molecule has 202 valence electrons. The smallest absolute Gasteiger partial charge is 0.264 e. The van der Waals surface area contributed by atoms with Gasteiger partial charge in [-0.1, -0.05) is 48.5 Å². The number of anilines is 1. The van der Waals surface area contributed by atoms with Crippen molar-refractivity contribution >= 4 is 34.3 Å². The Labute approximate surface area is 231 Å². The minimum Gasteiger partial charge on any atom is -0.461 e. The number of fused-ring (bicyclic) bond motifs is 2. The van der Waals surface area contributed by atoms with E-state index in [-0.39, 0.29) is 18.0 Å². The van der Waals surface area contributed by atoms with Crippen LogP contribution in [0, 0.1) is 6.92 Å². The Kier molecular flexibility index (Phi) is 7.18. The van der Waals surface area contributed by atoms with Crippen LogP contribution in [0.3, 0.4) is 0 Å². The highest BCUT2D eigenvalue weighted by Gasteiger charge is 2.29. The lowest BCUT2D eigenvalue weighted by atomic mass is 10.0. The van der Waals surface area contributed by atoms with Crippen LogP contribution in [0.2, 0.25) is 0 Å². The molecule has 0 radical (unpaired) electrons. The number of furan rings is 1. The molecular weight excluding hydrogens is 510 g/mol. The summed E-state index contributed by atoms with van der Waals surface area (Å²) in [4.78, 5) is 33.7. The predicted octanol–water partition coefficient (Wildman–Crippen LogP) is 4.58. The maximum absolute atomic E-state index is 13.9. The van der Waals surface area contributed by atoms with Crippen molar-refractivity contribution in [3.63, 3.8) is 0 Å². The molecular formula is C30H33N5O3S. The summed E-state index contributed by atoms with van der Waals surface area (Å²) in [6, 6.07) is 15.5. The topological polar surface area (TPSA) is 106 Å². The molecule has 2 aromatic heterocycles. The fourth-order valence-corrected chi connectivity index (χ4v) is 6.57. The highest BCUT2D eigenvalue weighted by atomic mass is 32.2. The summed E-state index contributed by atoms with van der Waals surface area (Å²) in [5.74, 6) is 0.911. The predicted molar refractivity (Wildman–Crippen MR) is 154 cm³/mol. The van der Waals surface area contributed by atoms with Gasteiger partial charge in [0.15, 0.2) is 5.16 Å². The molecule has 1 fully saturated rings. The third-order valence-electron chi connectivity index (χ3n) is 7.63. The molecule has 0 atom stereocenters. The lowest BCUT2D eigenvalue weighted by molar-refractivity contribution is -0.132. The van der Waals surface area contributed by atoms with Gasteiger partial charge < -0.3 is 20.4 Å². The number of nitrogen functional groups attached to an aromatic ring is 1. The fraction of sp³-hybridized carbons (Fsp3) is 0.367. The Morgan fingerprint density at radius 1 is 1.21 bits per heavy atom. The first-order valence-electron chi connectivity index (χ1n) is 13.6. The van der Waals surface area contributed by atoms with Gasteiger partial charge in [0.25, 0.3) is 5.56 Å². The fourth-order valence-electron chi connectivity index (χ4n) is 5.26. The second-order valence-electron chi connectivity index (χ2n) is 10.4. The van der Waals surface area contributed by atoms with Crippen LogP contribution in [0.1, 0.15) is 48.3 Å².